The smallest absolute Gasteiger partial charge is 0.115 e. The van der Waals surface area contributed by atoms with Crippen LogP contribution >= 0.6 is 9.24 Å². The molecule has 0 spiro atoms. The fraction of sp³-hybridized carbons (Fsp3) is 0.429. The molecule has 1 N–H and O–H groups in total. The Kier molecular flexibility index (Phi) is 9.80. The van der Waals surface area contributed by atoms with Crippen molar-refractivity contribution in [3.8, 4) is 5.75 Å². The second kappa shape index (κ2) is 10.3. The summed E-state index contributed by atoms with van der Waals surface area (Å²) in [4.78, 5) is 2.15. The Morgan fingerprint density at radius 3 is 2.18 bits per heavy atom. The van der Waals surface area contributed by atoms with Gasteiger partial charge in [0.25, 0.3) is 0 Å². The van der Waals surface area contributed by atoms with E-state index in [2.05, 4.69) is 34.3 Å². The highest BCUT2D eigenvalue weighted by atomic mass is 31.0. The van der Waals surface area contributed by atoms with Crippen LogP contribution in [0.1, 0.15) is 12.5 Å². The average molecular weight is 253 g/mol. The van der Waals surface area contributed by atoms with Gasteiger partial charge in [-0.05, 0) is 51.3 Å². The Morgan fingerprint density at radius 2 is 1.82 bits per heavy atom. The van der Waals surface area contributed by atoms with E-state index >= 15 is 0 Å². The largest absolute Gasteiger partial charge is 0.508 e. The zero-order chi connectivity index (χ0) is 13.1. The van der Waals surface area contributed by atoms with Gasteiger partial charge >= 0.3 is 0 Å². The molecular weight excluding hydrogens is 229 g/mol. The Bertz CT molecular complexity index is 307. The van der Waals surface area contributed by atoms with Crippen molar-refractivity contribution in [3.63, 3.8) is 0 Å². The van der Waals surface area contributed by atoms with Crippen molar-refractivity contribution in [2.45, 2.75) is 13.3 Å². The molecule has 1 rings (SSSR count). The summed E-state index contributed by atoms with van der Waals surface area (Å²) in [7, 11) is 6.72. The fourth-order valence-electron chi connectivity index (χ4n) is 1.15. The lowest BCUT2D eigenvalue weighted by Gasteiger charge is -2.08. The summed E-state index contributed by atoms with van der Waals surface area (Å²) < 4.78 is 0. The third-order valence-corrected chi connectivity index (χ3v) is 2.43. The number of phenols is 1. The summed E-state index contributed by atoms with van der Waals surface area (Å²) in [5.41, 5.74) is 1.27. The van der Waals surface area contributed by atoms with Crippen molar-refractivity contribution in [2.75, 3.05) is 26.8 Å². The molecule has 17 heavy (non-hydrogen) atoms. The van der Waals surface area contributed by atoms with E-state index in [-0.39, 0.29) is 0 Å². The maximum atomic E-state index is 9.02. The van der Waals surface area contributed by atoms with Gasteiger partial charge in [-0.1, -0.05) is 24.3 Å². The molecular formula is C14H24NOP. The van der Waals surface area contributed by atoms with Gasteiger partial charge in [0, 0.05) is 6.54 Å². The van der Waals surface area contributed by atoms with Crippen molar-refractivity contribution in [1.29, 1.82) is 0 Å². The minimum Gasteiger partial charge on any atom is -0.508 e. The number of likely N-dealkylation sites (N-methyl/N-ethyl adjacent to an activating group) is 1. The lowest BCUT2D eigenvalue weighted by molar-refractivity contribution is 0.413. The minimum atomic E-state index is 0.337. The normalized spacial score (nSPS) is 10.4. The number of aromatic hydroxyl groups is 1. The highest BCUT2D eigenvalue weighted by Gasteiger charge is 1.94. The Labute approximate surface area is 108 Å². The lowest BCUT2D eigenvalue weighted by Crippen LogP contribution is -2.14. The molecule has 0 aliphatic carbocycles. The van der Waals surface area contributed by atoms with E-state index in [1.807, 2.05) is 25.1 Å². The summed E-state index contributed by atoms with van der Waals surface area (Å²) in [5, 5.41) is 9.02. The molecule has 0 heterocycles. The van der Waals surface area contributed by atoms with Crippen LogP contribution in [0.3, 0.4) is 0 Å². The SMILES string of the molecule is C/C=C\CP.CN(C)CCc1ccc(O)cc1. The van der Waals surface area contributed by atoms with E-state index in [0.29, 0.717) is 5.75 Å². The molecule has 96 valence electrons. The molecule has 0 saturated carbocycles. The van der Waals surface area contributed by atoms with Gasteiger partial charge in [-0.2, -0.15) is 0 Å². The molecule has 0 aliphatic rings. The highest BCUT2D eigenvalue weighted by Crippen LogP contribution is 2.09. The molecule has 0 bridgehead atoms. The molecule has 0 aromatic heterocycles. The van der Waals surface area contributed by atoms with Crippen molar-refractivity contribution in [1.82, 2.24) is 4.90 Å². The van der Waals surface area contributed by atoms with Crippen LogP contribution in [0.25, 0.3) is 0 Å². The number of nitrogens with zero attached hydrogens (tertiary/aromatic N) is 1. The predicted molar refractivity (Wildman–Crippen MR) is 79.8 cm³/mol. The zero-order valence-corrected chi connectivity index (χ0v) is 12.2. The van der Waals surface area contributed by atoms with Gasteiger partial charge in [0.2, 0.25) is 0 Å². The summed E-state index contributed by atoms with van der Waals surface area (Å²) in [5.74, 6) is 0.337. The number of benzene rings is 1. The summed E-state index contributed by atoms with van der Waals surface area (Å²) in [6.07, 6.45) is 6.24. The molecule has 0 aliphatic heterocycles. The summed E-state index contributed by atoms with van der Waals surface area (Å²) in [6.45, 7) is 3.06. The monoisotopic (exact) mass is 253 g/mol. The Hall–Kier alpha value is -0.850. The van der Waals surface area contributed by atoms with Gasteiger partial charge in [0.15, 0.2) is 0 Å². The van der Waals surface area contributed by atoms with Crippen molar-refractivity contribution in [2.24, 2.45) is 0 Å². The quantitative estimate of drug-likeness (QED) is 0.659. The van der Waals surface area contributed by atoms with Crippen LogP contribution in [0.4, 0.5) is 0 Å². The highest BCUT2D eigenvalue weighted by molar-refractivity contribution is 7.16. The Morgan fingerprint density at radius 1 is 1.24 bits per heavy atom. The number of allylic oxidation sites excluding steroid dienone is 2. The first kappa shape index (κ1) is 16.1. The molecule has 0 fully saturated rings. The van der Waals surface area contributed by atoms with Crippen LogP contribution in [0.5, 0.6) is 5.75 Å². The number of hydrogen-bond donors (Lipinski definition) is 1. The van der Waals surface area contributed by atoms with Crippen molar-refractivity contribution < 1.29 is 5.11 Å². The molecule has 0 radical (unpaired) electrons. The van der Waals surface area contributed by atoms with Gasteiger partial charge in [-0.25, -0.2) is 0 Å². The van der Waals surface area contributed by atoms with Crippen molar-refractivity contribution in [3.05, 3.63) is 42.0 Å². The second-order valence-electron chi connectivity index (χ2n) is 4.02. The third kappa shape index (κ3) is 10.0. The van der Waals surface area contributed by atoms with Gasteiger partial charge in [0.1, 0.15) is 5.75 Å². The van der Waals surface area contributed by atoms with Crippen LogP contribution < -0.4 is 0 Å². The second-order valence-corrected chi connectivity index (χ2v) is 4.50. The van der Waals surface area contributed by atoms with Gasteiger partial charge in [-0.3, -0.25) is 0 Å². The number of rotatable bonds is 4. The molecule has 1 atom stereocenters. The van der Waals surface area contributed by atoms with Crippen LogP contribution in [0.2, 0.25) is 0 Å². The first-order chi connectivity index (χ1) is 8.10. The molecule has 2 nitrogen and oxygen atoms in total. The average Bonchev–Trinajstić information content (AvgIpc) is 2.30. The first-order valence-corrected chi connectivity index (χ1v) is 6.65. The molecule has 3 heteroatoms. The van der Waals surface area contributed by atoms with E-state index in [1.54, 1.807) is 12.1 Å². The minimum absolute atomic E-state index is 0.337. The van der Waals surface area contributed by atoms with E-state index in [9.17, 15) is 0 Å². The van der Waals surface area contributed by atoms with E-state index in [4.69, 9.17) is 5.11 Å². The van der Waals surface area contributed by atoms with Gasteiger partial charge in [-0.15, -0.1) is 9.24 Å². The first-order valence-electron chi connectivity index (χ1n) is 5.84. The molecule has 0 amide bonds. The Balaban J connectivity index is 0.000000437. The maximum Gasteiger partial charge on any atom is 0.115 e. The van der Waals surface area contributed by atoms with Gasteiger partial charge in [0.05, 0.1) is 0 Å². The molecule has 1 aromatic carbocycles. The summed E-state index contributed by atoms with van der Waals surface area (Å²) in [6, 6.07) is 7.37. The van der Waals surface area contributed by atoms with Crippen LogP contribution in [-0.2, 0) is 6.42 Å². The number of phenolic OH excluding ortho intramolecular Hbond substituents is 1. The van der Waals surface area contributed by atoms with Gasteiger partial charge < -0.3 is 10.0 Å². The third-order valence-electron chi connectivity index (χ3n) is 2.16. The maximum absolute atomic E-state index is 9.02. The molecule has 0 saturated heterocycles. The van der Waals surface area contributed by atoms with Crippen LogP contribution in [0.15, 0.2) is 36.4 Å². The molecule has 1 aromatic rings. The van der Waals surface area contributed by atoms with Crippen LogP contribution in [0, 0.1) is 0 Å². The van der Waals surface area contributed by atoms with Crippen LogP contribution in [-0.4, -0.2) is 36.8 Å². The predicted octanol–water partition coefficient (Wildman–Crippen LogP) is 2.93. The summed E-state index contributed by atoms with van der Waals surface area (Å²) >= 11 is 0. The fourth-order valence-corrected chi connectivity index (χ4v) is 1.42. The van der Waals surface area contributed by atoms with E-state index in [1.165, 1.54) is 5.56 Å². The lowest BCUT2D eigenvalue weighted by atomic mass is 10.1. The molecule has 1 unspecified atom stereocenters. The van der Waals surface area contributed by atoms with Crippen molar-refractivity contribution >= 4 is 9.24 Å². The standard InChI is InChI=1S/C10H15NO.C4H9P/c1-11(2)8-7-9-3-5-10(12)6-4-9;1-2-3-4-5/h3-6,12H,7-8H2,1-2H3;2-3H,4-5H2,1H3/b;3-2-. The topological polar surface area (TPSA) is 23.5 Å². The van der Waals surface area contributed by atoms with E-state index in [0.717, 1.165) is 19.1 Å². The number of hydrogen-bond acceptors (Lipinski definition) is 2. The van der Waals surface area contributed by atoms with E-state index < -0.39 is 0 Å². The zero-order valence-electron chi connectivity index (χ0n) is 11.1.